The van der Waals surface area contributed by atoms with Crippen molar-refractivity contribution in [1.82, 2.24) is 9.44 Å². The third-order valence-electron chi connectivity index (χ3n) is 7.83. The number of nitrogens with one attached hydrogen (secondary N) is 2. The minimum atomic E-state index is -4.31. The fourth-order valence-electron chi connectivity index (χ4n) is 5.42. The number of benzene rings is 4. The fourth-order valence-corrected chi connectivity index (χ4v) is 8.10. The summed E-state index contributed by atoms with van der Waals surface area (Å²) in [6.45, 7) is -0.0400. The molecule has 4 rings (SSSR count). The van der Waals surface area contributed by atoms with E-state index in [1.807, 2.05) is 0 Å². The Kier molecular flexibility index (Phi) is 14.5. The number of methoxy groups -OCH3 is 2. The van der Waals surface area contributed by atoms with Crippen LogP contribution in [-0.2, 0) is 39.1 Å². The number of phenols is 2. The lowest BCUT2D eigenvalue weighted by atomic mass is 9.93. The van der Waals surface area contributed by atoms with Crippen molar-refractivity contribution >= 4 is 89.1 Å². The molecule has 4 aromatic rings. The molecule has 2 unspecified atom stereocenters. The van der Waals surface area contributed by atoms with Crippen LogP contribution >= 0.6 is 24.8 Å². The Hall–Kier alpha value is -3.22. The summed E-state index contributed by atoms with van der Waals surface area (Å²) in [7, 11) is -6.16. The topological polar surface area (TPSA) is 237 Å². The van der Waals surface area contributed by atoms with Crippen LogP contribution in [0, 0.1) is 0 Å². The normalized spacial score (nSPS) is 13.2. The van der Waals surface area contributed by atoms with E-state index in [2.05, 4.69) is 18.9 Å². The number of ether oxygens (including phenoxy) is 2. The van der Waals surface area contributed by atoms with Gasteiger partial charge in [0.05, 0.1) is 24.0 Å². The molecule has 48 heavy (non-hydrogen) atoms. The van der Waals surface area contributed by atoms with Gasteiger partial charge < -0.3 is 31.2 Å². The van der Waals surface area contributed by atoms with Gasteiger partial charge in [0.1, 0.15) is 23.6 Å². The van der Waals surface area contributed by atoms with Gasteiger partial charge in [0, 0.05) is 51.5 Å². The smallest absolute Gasteiger partial charge is 0.322 e. The fraction of sp³-hybridized carbons (Fsp3) is 0.400. The molecule has 18 heteroatoms. The third-order valence-corrected chi connectivity index (χ3v) is 10.8. The first-order valence-electron chi connectivity index (χ1n) is 14.6. The highest BCUT2D eigenvalue weighted by molar-refractivity contribution is 7.90. The molecule has 0 heterocycles. The molecule has 8 N–H and O–H groups in total. The Bertz CT molecular complexity index is 1840. The molecule has 14 nitrogen and oxygen atoms in total. The van der Waals surface area contributed by atoms with Crippen molar-refractivity contribution in [3.63, 3.8) is 0 Å². The highest BCUT2D eigenvalue weighted by atomic mass is 35.5. The summed E-state index contributed by atoms with van der Waals surface area (Å²) in [5.74, 6) is -1.66. The van der Waals surface area contributed by atoms with Crippen molar-refractivity contribution in [2.24, 2.45) is 11.5 Å². The summed E-state index contributed by atoms with van der Waals surface area (Å²) in [5, 5.41) is 22.7. The molecule has 0 spiro atoms. The average Bonchev–Trinajstić information content (AvgIpc) is 3.02. The number of carbonyl (C=O) groups excluding carboxylic acids is 2. The van der Waals surface area contributed by atoms with Crippen molar-refractivity contribution in [1.29, 1.82) is 0 Å². The van der Waals surface area contributed by atoms with Crippen molar-refractivity contribution in [3.8, 4) is 11.5 Å². The molecule has 0 bridgehead atoms. The number of hydrogen-bond acceptors (Lipinski definition) is 12. The Morgan fingerprint density at radius 1 is 0.667 bits per heavy atom. The Labute approximate surface area is 290 Å². The van der Waals surface area contributed by atoms with Crippen LogP contribution in [0.5, 0.6) is 11.5 Å². The molecule has 0 fully saturated rings. The number of phenolic OH excluding ortho intramolecular Hbond substituents is 2. The van der Waals surface area contributed by atoms with Gasteiger partial charge >= 0.3 is 11.9 Å². The second kappa shape index (κ2) is 16.9. The van der Waals surface area contributed by atoms with Crippen LogP contribution in [0.2, 0.25) is 0 Å². The maximum absolute atomic E-state index is 13.7. The van der Waals surface area contributed by atoms with E-state index < -0.39 is 44.1 Å². The molecule has 4 aromatic carbocycles. The average molecular weight is 752 g/mol. The summed E-state index contributed by atoms with van der Waals surface area (Å²) in [4.78, 5) is 22.5. The van der Waals surface area contributed by atoms with Gasteiger partial charge in [0.15, 0.2) is 0 Å². The van der Waals surface area contributed by atoms with E-state index in [1.165, 1.54) is 44.6 Å². The number of hydrogen-bond donors (Lipinski definition) is 6. The number of esters is 2. The largest absolute Gasteiger partial charge is 0.507 e. The van der Waals surface area contributed by atoms with E-state index in [-0.39, 0.29) is 88.2 Å². The zero-order valence-corrected chi connectivity index (χ0v) is 29.5. The van der Waals surface area contributed by atoms with E-state index in [0.717, 1.165) is 6.07 Å². The second-order valence-electron chi connectivity index (χ2n) is 10.9. The van der Waals surface area contributed by atoms with Crippen molar-refractivity contribution < 1.29 is 46.1 Å². The molecule has 0 saturated heterocycles. The zero-order chi connectivity index (χ0) is 33.8. The molecule has 0 aliphatic carbocycles. The molecule has 0 radical (unpaired) electrons. The quantitative estimate of drug-likeness (QED) is 0.0551. The number of carbonyl (C=O) groups is 2. The SMILES string of the molecule is COC(=O)C(N)CCCCNS(=O)(=O)c1cc(S(=O)(=O)NCCCCC(N)C(=O)OC)c2ccc3c(O)cc(O)c4ccc1c2c43.Cl.Cl. The molecule has 2 atom stereocenters. The summed E-state index contributed by atoms with van der Waals surface area (Å²) in [5.41, 5.74) is 11.5. The Morgan fingerprint density at radius 2 is 1.02 bits per heavy atom. The monoisotopic (exact) mass is 750 g/mol. The first-order chi connectivity index (χ1) is 21.7. The standard InChI is InChI=1S/C30H38N4O10S2.2ClH/c1-43-29(37)21(31)7-3-5-13-33-45(39,40)25-16-26(46(41,42)34-14-6-4-8-22(32)30(38)44-2)20-12-10-18-24(36)15-23(35)17-9-11-19(25)28(20)27(17)18;;/h9-12,15-16,21-22,33-36H,3-8,13-14,31-32H2,1-2H3;2*1H. The lowest BCUT2D eigenvalue weighted by molar-refractivity contribution is -0.143. The van der Waals surface area contributed by atoms with Gasteiger partial charge in [-0.1, -0.05) is 25.0 Å². The predicted octanol–water partition coefficient (Wildman–Crippen LogP) is 2.74. The lowest BCUT2D eigenvalue weighted by Crippen LogP contribution is -2.32. The van der Waals surface area contributed by atoms with Crippen LogP contribution in [-0.4, -0.2) is 78.4 Å². The van der Waals surface area contributed by atoms with Crippen LogP contribution in [0.15, 0.2) is 46.2 Å². The van der Waals surface area contributed by atoms with Crippen molar-refractivity contribution in [2.75, 3.05) is 27.3 Å². The number of nitrogens with two attached hydrogens (primary N) is 2. The van der Waals surface area contributed by atoms with Crippen LogP contribution < -0.4 is 20.9 Å². The van der Waals surface area contributed by atoms with Crippen LogP contribution in [0.25, 0.3) is 32.3 Å². The third kappa shape index (κ3) is 8.67. The molecule has 0 amide bonds. The van der Waals surface area contributed by atoms with Crippen LogP contribution in [0.4, 0.5) is 0 Å². The number of rotatable bonds is 16. The maximum Gasteiger partial charge on any atom is 0.322 e. The van der Waals surface area contributed by atoms with E-state index in [9.17, 15) is 36.6 Å². The molecular weight excluding hydrogens is 711 g/mol. The van der Waals surface area contributed by atoms with E-state index in [0.29, 0.717) is 41.8 Å². The van der Waals surface area contributed by atoms with Gasteiger partial charge in [-0.15, -0.1) is 24.8 Å². The number of aromatic hydroxyl groups is 2. The molecule has 0 aliphatic rings. The summed E-state index contributed by atoms with van der Waals surface area (Å²) in [6, 6.07) is 6.58. The minimum Gasteiger partial charge on any atom is -0.507 e. The summed E-state index contributed by atoms with van der Waals surface area (Å²) >= 11 is 0. The lowest BCUT2D eigenvalue weighted by Gasteiger charge is -2.19. The Balaban J connectivity index is 0.00000400. The predicted molar refractivity (Wildman–Crippen MR) is 186 cm³/mol. The number of sulfonamides is 2. The maximum atomic E-state index is 13.7. The van der Waals surface area contributed by atoms with E-state index in [1.54, 1.807) is 0 Å². The van der Waals surface area contributed by atoms with E-state index in [4.69, 9.17) is 11.5 Å². The van der Waals surface area contributed by atoms with Gasteiger partial charge in [-0.2, -0.15) is 0 Å². The van der Waals surface area contributed by atoms with E-state index >= 15 is 0 Å². The molecule has 0 saturated carbocycles. The molecule has 266 valence electrons. The van der Waals surface area contributed by atoms with Gasteiger partial charge in [-0.3, -0.25) is 9.59 Å². The molecular formula is C30H40Cl2N4O10S2. The van der Waals surface area contributed by atoms with Crippen molar-refractivity contribution in [2.45, 2.75) is 60.4 Å². The Morgan fingerprint density at radius 3 is 1.40 bits per heavy atom. The first kappa shape index (κ1) is 41.0. The summed E-state index contributed by atoms with van der Waals surface area (Å²) < 4.78 is 69.1. The molecule has 0 aromatic heterocycles. The highest BCUT2D eigenvalue weighted by Crippen LogP contribution is 2.45. The van der Waals surface area contributed by atoms with Gasteiger partial charge in [0.25, 0.3) is 0 Å². The number of halogens is 2. The number of unbranched alkanes of at least 4 members (excludes halogenated alkanes) is 2. The first-order valence-corrected chi connectivity index (χ1v) is 17.5. The van der Waals surface area contributed by atoms with Crippen molar-refractivity contribution in [3.05, 3.63) is 36.4 Å². The van der Waals surface area contributed by atoms with Gasteiger partial charge in [0.2, 0.25) is 20.0 Å². The zero-order valence-electron chi connectivity index (χ0n) is 26.2. The van der Waals surface area contributed by atoms with Crippen LogP contribution in [0.3, 0.4) is 0 Å². The molecule has 0 aliphatic heterocycles. The summed E-state index contributed by atoms with van der Waals surface area (Å²) in [6.07, 6.45) is 2.08. The minimum absolute atomic E-state index is 0. The van der Waals surface area contributed by atoms with Gasteiger partial charge in [-0.25, -0.2) is 26.3 Å². The second-order valence-corrected chi connectivity index (χ2v) is 14.4. The van der Waals surface area contributed by atoms with Crippen LogP contribution in [0.1, 0.15) is 38.5 Å². The van der Waals surface area contributed by atoms with Gasteiger partial charge in [-0.05, 0) is 43.9 Å². The highest BCUT2D eigenvalue weighted by Gasteiger charge is 2.28.